The minimum atomic E-state index is -4.96. The van der Waals surface area contributed by atoms with E-state index >= 15 is 0 Å². The van der Waals surface area contributed by atoms with Crippen molar-refractivity contribution in [3.05, 3.63) is 90.0 Å². The van der Waals surface area contributed by atoms with E-state index in [0.29, 0.717) is 36.0 Å². The minimum absolute atomic E-state index is 0.0661. The lowest BCUT2D eigenvalue weighted by Crippen LogP contribution is -2.55. The first-order valence-electron chi connectivity index (χ1n) is 17.9. The Bertz CT molecular complexity index is 1900. The number of carboxylic acids is 1. The number of nitrogens with one attached hydrogen (secondary N) is 2. The third-order valence-corrected chi connectivity index (χ3v) is 9.85. The molecule has 0 saturated heterocycles. The first-order valence-corrected chi connectivity index (χ1v) is 18.6. The monoisotopic (exact) mass is 785 g/mol. The summed E-state index contributed by atoms with van der Waals surface area (Å²) in [4.78, 5) is 52.4. The Morgan fingerprint density at radius 1 is 0.982 bits per heavy atom. The van der Waals surface area contributed by atoms with E-state index in [9.17, 15) is 37.5 Å². The Morgan fingerprint density at radius 3 is 2.35 bits per heavy atom. The van der Waals surface area contributed by atoms with Crippen molar-refractivity contribution < 1.29 is 42.2 Å². The number of likely N-dealkylation sites (N-methyl/N-ethyl adjacent to an activating group) is 1. The predicted octanol–water partition coefficient (Wildman–Crippen LogP) is 5.05. The van der Waals surface area contributed by atoms with Gasteiger partial charge in [-0.25, -0.2) is 9.10 Å². The lowest BCUT2D eigenvalue weighted by molar-refractivity contribution is -0.173. The maximum Gasteiger partial charge on any atom is 0.471 e. The van der Waals surface area contributed by atoms with Crippen LogP contribution in [0.1, 0.15) is 51.2 Å². The molecule has 0 aliphatic carbocycles. The van der Waals surface area contributed by atoms with Crippen LogP contribution in [-0.4, -0.2) is 103 Å². The van der Waals surface area contributed by atoms with Crippen molar-refractivity contribution in [1.82, 2.24) is 34.2 Å². The summed E-state index contributed by atoms with van der Waals surface area (Å²) >= 11 is 1.16. The largest absolute Gasteiger partial charge is 0.489 e. The number of amides is 3. The summed E-state index contributed by atoms with van der Waals surface area (Å²) in [7, 11) is 1.50. The third kappa shape index (κ3) is 12.2. The number of carboxylic acid groups (broad SMARTS) is 1. The van der Waals surface area contributed by atoms with Crippen LogP contribution in [0.25, 0.3) is 11.0 Å². The van der Waals surface area contributed by atoms with Gasteiger partial charge in [0.15, 0.2) is 0 Å². The molecule has 0 aliphatic heterocycles. The first-order chi connectivity index (χ1) is 26.2. The van der Waals surface area contributed by atoms with Gasteiger partial charge in [-0.2, -0.15) is 17.3 Å². The molecule has 1 heterocycles. The smallest absolute Gasteiger partial charge is 0.471 e. The van der Waals surface area contributed by atoms with Gasteiger partial charge in [-0.15, -0.1) is 5.10 Å². The molecule has 0 bridgehead atoms. The highest BCUT2D eigenvalue weighted by atomic mass is 32.2. The number of fused-ring (bicyclic) bond motifs is 1. The highest BCUT2D eigenvalue weighted by Gasteiger charge is 2.38. The van der Waals surface area contributed by atoms with Gasteiger partial charge in [0.25, 0.3) is 0 Å². The fourth-order valence-corrected chi connectivity index (χ4v) is 6.84. The van der Waals surface area contributed by atoms with Crippen molar-refractivity contribution in [2.24, 2.45) is 0 Å². The summed E-state index contributed by atoms with van der Waals surface area (Å²) in [5.74, 6) is -3.70. The summed E-state index contributed by atoms with van der Waals surface area (Å²) in [6.07, 6.45) is -3.88. The van der Waals surface area contributed by atoms with Crippen LogP contribution in [0, 0.1) is 0 Å². The molecule has 0 unspecified atom stereocenters. The normalized spacial score (nSPS) is 13.8. The number of aromatic nitrogens is 3. The fourth-order valence-electron chi connectivity index (χ4n) is 5.75. The van der Waals surface area contributed by atoms with E-state index in [1.54, 1.807) is 52.6 Å². The maximum atomic E-state index is 14.4. The summed E-state index contributed by atoms with van der Waals surface area (Å²) in [6.45, 7) is 5.29. The standard InChI is InChI=1S/C38H46F3N7O6S/c1-5-14-32(35(50)46(4)26(3)34(49)43-30(36(51)52)23-27-15-7-6-8-16-27)47(55-48-31-20-11-10-19-29(31)44-45-48)24-25(2)54-33-21-12-9-17-28(33)18-13-22-42-37(53)38(39,40)41/h6-12,15-17,19-21,25-26,30,32H,5,13-14,18,22-24H2,1-4H3,(H,42,53)(H,43,49)(H,51,52)/t25-,26-,30-,32+/m1/s1. The molecule has 0 fully saturated rings. The lowest BCUT2D eigenvalue weighted by Gasteiger charge is -2.35. The average molecular weight is 786 g/mol. The zero-order valence-electron chi connectivity index (χ0n) is 31.0. The van der Waals surface area contributed by atoms with E-state index in [1.165, 1.54) is 18.9 Å². The van der Waals surface area contributed by atoms with Gasteiger partial charge in [0.2, 0.25) is 11.8 Å². The van der Waals surface area contributed by atoms with Crippen molar-refractivity contribution in [3.8, 4) is 5.75 Å². The summed E-state index contributed by atoms with van der Waals surface area (Å²) in [6, 6.07) is 20.3. The zero-order chi connectivity index (χ0) is 40.1. The van der Waals surface area contributed by atoms with Crippen LogP contribution in [0.15, 0.2) is 78.9 Å². The molecule has 4 atom stereocenters. The molecule has 3 amide bonds. The third-order valence-electron chi connectivity index (χ3n) is 8.81. The van der Waals surface area contributed by atoms with Gasteiger partial charge in [-0.1, -0.05) is 79.2 Å². The number of hydrogen-bond donors (Lipinski definition) is 3. The van der Waals surface area contributed by atoms with Gasteiger partial charge in [0.05, 0.1) is 12.1 Å². The Balaban J connectivity index is 1.53. The van der Waals surface area contributed by atoms with Gasteiger partial charge in [-0.3, -0.25) is 14.4 Å². The lowest BCUT2D eigenvalue weighted by atomic mass is 10.1. The van der Waals surface area contributed by atoms with Crippen molar-refractivity contribution in [2.45, 2.75) is 83.3 Å². The molecule has 3 N–H and O–H groups in total. The van der Waals surface area contributed by atoms with Crippen molar-refractivity contribution in [1.29, 1.82) is 0 Å². The van der Waals surface area contributed by atoms with E-state index in [4.69, 9.17) is 4.74 Å². The van der Waals surface area contributed by atoms with Crippen LogP contribution in [0.5, 0.6) is 5.75 Å². The molecule has 3 aromatic carbocycles. The van der Waals surface area contributed by atoms with E-state index in [0.717, 1.165) is 23.3 Å². The maximum absolute atomic E-state index is 14.4. The first kappa shape index (κ1) is 42.6. The van der Waals surface area contributed by atoms with Gasteiger partial charge < -0.3 is 25.4 Å². The number of hydrogen-bond acceptors (Lipinski definition) is 9. The molecule has 0 spiro atoms. The number of nitrogens with zero attached hydrogens (tertiary/aromatic N) is 5. The molecule has 0 saturated carbocycles. The molecule has 296 valence electrons. The summed E-state index contributed by atoms with van der Waals surface area (Å²) in [5.41, 5.74) is 2.81. The van der Waals surface area contributed by atoms with Crippen LogP contribution in [-0.2, 0) is 32.0 Å². The van der Waals surface area contributed by atoms with Crippen molar-refractivity contribution in [2.75, 3.05) is 20.1 Å². The molecule has 4 rings (SSSR count). The van der Waals surface area contributed by atoms with E-state index in [2.05, 4.69) is 15.6 Å². The molecule has 4 aromatic rings. The number of rotatable bonds is 20. The van der Waals surface area contributed by atoms with Crippen LogP contribution in [0.2, 0.25) is 0 Å². The average Bonchev–Trinajstić information content (AvgIpc) is 3.57. The second-order valence-electron chi connectivity index (χ2n) is 13.0. The van der Waals surface area contributed by atoms with Crippen LogP contribution in [0.4, 0.5) is 13.2 Å². The number of para-hydroxylation sites is 2. The van der Waals surface area contributed by atoms with Crippen LogP contribution >= 0.6 is 12.1 Å². The topological polar surface area (TPSA) is 159 Å². The summed E-state index contributed by atoms with van der Waals surface area (Å²) < 4.78 is 47.6. The van der Waals surface area contributed by atoms with Crippen LogP contribution < -0.4 is 15.4 Å². The van der Waals surface area contributed by atoms with Crippen LogP contribution in [0.3, 0.4) is 0 Å². The second-order valence-corrected chi connectivity index (χ2v) is 14.0. The van der Waals surface area contributed by atoms with Gasteiger partial charge in [0.1, 0.15) is 41.0 Å². The Hall–Kier alpha value is -5.16. The predicted molar refractivity (Wildman–Crippen MR) is 202 cm³/mol. The van der Waals surface area contributed by atoms with E-state index in [1.807, 2.05) is 53.8 Å². The Kier molecular flexibility index (Phi) is 15.5. The molecule has 17 heteroatoms. The quantitative estimate of drug-likeness (QED) is 0.0818. The SMILES string of the molecule is CCC[C@@H](C(=O)N(C)[C@H](C)C(=O)N[C@H](Cc1ccccc1)C(=O)O)N(C[C@@H](C)Oc1ccccc1CCCNC(=O)C(F)(F)F)Sn1nnc2ccccc21. The van der Waals surface area contributed by atoms with Gasteiger partial charge in [-0.05, 0) is 62.4 Å². The minimum Gasteiger partial charge on any atom is -0.489 e. The Labute approximate surface area is 321 Å². The number of carbonyl (C=O) groups is 4. The Morgan fingerprint density at radius 2 is 1.65 bits per heavy atom. The summed E-state index contributed by atoms with van der Waals surface area (Å²) in [5, 5.41) is 22.9. The molecule has 1 aromatic heterocycles. The van der Waals surface area contributed by atoms with Gasteiger partial charge >= 0.3 is 18.1 Å². The molecule has 55 heavy (non-hydrogen) atoms. The number of ether oxygens (including phenoxy) is 1. The molecular formula is C38H46F3N7O6S. The second kappa shape index (κ2) is 20.0. The number of carbonyl (C=O) groups excluding carboxylic acids is 3. The van der Waals surface area contributed by atoms with Crippen molar-refractivity contribution >= 4 is 46.9 Å². The highest BCUT2D eigenvalue weighted by Crippen LogP contribution is 2.27. The van der Waals surface area contributed by atoms with Gasteiger partial charge in [0, 0.05) is 26.6 Å². The fraction of sp³-hybridized carbons (Fsp3) is 0.421. The molecule has 13 nitrogen and oxygen atoms in total. The number of halogens is 3. The molecule has 0 aliphatic rings. The number of benzene rings is 3. The number of aliphatic carboxylic acids is 1. The van der Waals surface area contributed by atoms with Crippen molar-refractivity contribution in [3.63, 3.8) is 0 Å². The van der Waals surface area contributed by atoms with E-state index in [-0.39, 0.29) is 31.8 Å². The highest BCUT2D eigenvalue weighted by molar-refractivity contribution is 7.95. The number of alkyl halides is 3. The zero-order valence-corrected chi connectivity index (χ0v) is 31.8. The molecule has 0 radical (unpaired) electrons. The number of aryl methyl sites for hydroxylation is 1. The van der Waals surface area contributed by atoms with E-state index < -0.39 is 48.2 Å². The molecular weight excluding hydrogens is 740 g/mol.